The van der Waals surface area contributed by atoms with Gasteiger partial charge in [0.1, 0.15) is 5.25 Å². The number of carbonyl (C=O) groups excluding carboxylic acids is 3. The molecule has 0 spiro atoms. The number of nitrogens with zero attached hydrogens (tertiary/aromatic N) is 3. The van der Waals surface area contributed by atoms with Gasteiger partial charge in [0.15, 0.2) is 5.17 Å². The molecule has 3 amide bonds. The highest BCUT2D eigenvalue weighted by Crippen LogP contribution is 2.29. The first-order chi connectivity index (χ1) is 15.5. The molecule has 4 rings (SSSR count). The lowest BCUT2D eigenvalue weighted by atomic mass is 10.1. The van der Waals surface area contributed by atoms with E-state index in [4.69, 9.17) is 0 Å². The Morgan fingerprint density at radius 1 is 1.09 bits per heavy atom. The minimum absolute atomic E-state index is 0.0480. The Labute approximate surface area is 191 Å². The summed E-state index contributed by atoms with van der Waals surface area (Å²) in [5.41, 5.74) is 1.78. The van der Waals surface area contributed by atoms with Crippen LogP contribution in [0.15, 0.2) is 59.6 Å². The maximum Gasteiger partial charge on any atom is 0.262 e. The number of hydrogen-bond donors (Lipinski definition) is 1. The zero-order valence-electron chi connectivity index (χ0n) is 18.0. The number of amides is 3. The van der Waals surface area contributed by atoms with Crippen LogP contribution < -0.4 is 10.2 Å². The quantitative estimate of drug-likeness (QED) is 0.750. The van der Waals surface area contributed by atoms with Crippen molar-refractivity contribution in [3.63, 3.8) is 0 Å². The standard InChI is InChI=1S/C24H26N4O3S/c1-27(19-11-4-2-5-12-19)23(31)17-9-8-10-18(15-17)25-21(29)16-20-22(30)26-24(32-20)28-13-6-3-7-14-28/h2,4-5,8-12,15,20H,3,6-7,13-14,16H2,1H3,(H,25,29)/t20-/m1/s1. The number of hydrogen-bond acceptors (Lipinski definition) is 5. The van der Waals surface area contributed by atoms with Crippen LogP contribution in [0.4, 0.5) is 11.4 Å². The molecule has 166 valence electrons. The first kappa shape index (κ1) is 22.1. The van der Waals surface area contributed by atoms with Gasteiger partial charge in [-0.3, -0.25) is 14.4 Å². The number of piperidine rings is 1. The molecule has 2 heterocycles. The number of anilines is 2. The summed E-state index contributed by atoms with van der Waals surface area (Å²) in [4.78, 5) is 45.6. The zero-order valence-corrected chi connectivity index (χ0v) is 18.8. The number of rotatable bonds is 5. The fourth-order valence-electron chi connectivity index (χ4n) is 3.80. The second-order valence-corrected chi connectivity index (χ2v) is 9.09. The number of amidine groups is 1. The number of thioether (sulfide) groups is 1. The largest absolute Gasteiger partial charge is 0.351 e. The van der Waals surface area contributed by atoms with E-state index in [2.05, 4.69) is 15.2 Å². The number of aliphatic imine (C=N–C) groups is 1. The van der Waals surface area contributed by atoms with Crippen molar-refractivity contribution in [1.29, 1.82) is 0 Å². The Hall–Kier alpha value is -3.13. The summed E-state index contributed by atoms with van der Waals surface area (Å²) in [6.45, 7) is 1.83. The molecule has 2 aliphatic rings. The molecule has 2 aromatic carbocycles. The van der Waals surface area contributed by atoms with Gasteiger partial charge in [-0.1, -0.05) is 36.0 Å². The highest BCUT2D eigenvalue weighted by Gasteiger charge is 2.33. The number of nitrogens with one attached hydrogen (secondary N) is 1. The Balaban J connectivity index is 1.35. The van der Waals surface area contributed by atoms with Gasteiger partial charge in [0.2, 0.25) is 5.91 Å². The van der Waals surface area contributed by atoms with Gasteiger partial charge in [-0.05, 0) is 49.6 Å². The number of carbonyl (C=O) groups is 3. The van der Waals surface area contributed by atoms with Gasteiger partial charge < -0.3 is 15.1 Å². The van der Waals surface area contributed by atoms with E-state index in [1.54, 1.807) is 36.2 Å². The summed E-state index contributed by atoms with van der Waals surface area (Å²) in [7, 11) is 1.71. The number of benzene rings is 2. The average Bonchev–Trinajstić information content (AvgIpc) is 3.19. The third-order valence-electron chi connectivity index (χ3n) is 5.57. The molecule has 0 aromatic heterocycles. The van der Waals surface area contributed by atoms with Gasteiger partial charge in [-0.2, -0.15) is 4.99 Å². The fraction of sp³-hybridized carbons (Fsp3) is 0.333. The average molecular weight is 451 g/mol. The van der Waals surface area contributed by atoms with Crippen LogP contribution in [-0.2, 0) is 9.59 Å². The zero-order chi connectivity index (χ0) is 22.5. The Bertz CT molecular complexity index is 1030. The Kier molecular flexibility index (Phi) is 6.90. The lowest BCUT2D eigenvalue weighted by Crippen LogP contribution is -2.33. The van der Waals surface area contributed by atoms with Crippen LogP contribution in [0.1, 0.15) is 36.0 Å². The predicted octanol–water partition coefficient (Wildman–Crippen LogP) is 3.78. The highest BCUT2D eigenvalue weighted by atomic mass is 32.2. The second-order valence-electron chi connectivity index (χ2n) is 7.92. The number of para-hydroxylation sites is 1. The van der Waals surface area contributed by atoms with E-state index in [0.717, 1.165) is 36.8 Å². The molecule has 2 aromatic rings. The van der Waals surface area contributed by atoms with Gasteiger partial charge in [0.05, 0.1) is 0 Å². The molecule has 1 atom stereocenters. The first-order valence-corrected chi connectivity index (χ1v) is 11.7. The van der Waals surface area contributed by atoms with E-state index in [0.29, 0.717) is 11.3 Å². The van der Waals surface area contributed by atoms with Crippen molar-refractivity contribution in [2.75, 3.05) is 30.4 Å². The molecule has 0 radical (unpaired) electrons. The molecule has 8 heteroatoms. The molecule has 0 unspecified atom stereocenters. The maximum atomic E-state index is 12.8. The van der Waals surface area contributed by atoms with Crippen molar-refractivity contribution in [1.82, 2.24) is 4.90 Å². The number of likely N-dealkylation sites (tertiary alicyclic amines) is 1. The molecular formula is C24H26N4O3S. The second kappa shape index (κ2) is 9.99. The summed E-state index contributed by atoms with van der Waals surface area (Å²) in [6.07, 6.45) is 3.46. The predicted molar refractivity (Wildman–Crippen MR) is 128 cm³/mol. The van der Waals surface area contributed by atoms with Crippen LogP contribution in [0.2, 0.25) is 0 Å². The van der Waals surface area contributed by atoms with Gasteiger partial charge in [-0.25, -0.2) is 0 Å². The summed E-state index contributed by atoms with van der Waals surface area (Å²) in [6, 6.07) is 16.2. The molecule has 0 saturated carbocycles. The van der Waals surface area contributed by atoms with Crippen LogP contribution in [0.5, 0.6) is 0 Å². The monoisotopic (exact) mass is 450 g/mol. The van der Waals surface area contributed by atoms with Crippen molar-refractivity contribution >= 4 is 46.0 Å². The van der Waals surface area contributed by atoms with E-state index in [1.807, 2.05) is 30.3 Å². The van der Waals surface area contributed by atoms with Gasteiger partial charge in [0.25, 0.3) is 11.8 Å². The van der Waals surface area contributed by atoms with Crippen LogP contribution in [0.3, 0.4) is 0 Å². The Morgan fingerprint density at radius 2 is 1.84 bits per heavy atom. The smallest absolute Gasteiger partial charge is 0.262 e. The van der Waals surface area contributed by atoms with E-state index in [-0.39, 0.29) is 24.1 Å². The molecule has 32 heavy (non-hydrogen) atoms. The molecule has 7 nitrogen and oxygen atoms in total. The van der Waals surface area contributed by atoms with Crippen LogP contribution in [-0.4, -0.2) is 53.2 Å². The van der Waals surface area contributed by atoms with Gasteiger partial charge in [-0.15, -0.1) is 0 Å². The highest BCUT2D eigenvalue weighted by molar-refractivity contribution is 8.15. The first-order valence-electron chi connectivity index (χ1n) is 10.8. The minimum Gasteiger partial charge on any atom is -0.351 e. The molecule has 1 saturated heterocycles. The summed E-state index contributed by atoms with van der Waals surface area (Å²) in [5, 5.41) is 3.06. The van der Waals surface area contributed by atoms with Gasteiger partial charge in [0, 0.05) is 43.5 Å². The molecule has 0 aliphatic carbocycles. The molecule has 2 aliphatic heterocycles. The van der Waals surface area contributed by atoms with E-state index in [1.165, 1.54) is 18.2 Å². The van der Waals surface area contributed by atoms with E-state index >= 15 is 0 Å². The lowest BCUT2D eigenvalue weighted by molar-refractivity contribution is -0.121. The summed E-state index contributed by atoms with van der Waals surface area (Å²) >= 11 is 1.38. The van der Waals surface area contributed by atoms with Crippen LogP contribution >= 0.6 is 11.8 Å². The molecule has 1 N–H and O–H groups in total. The SMILES string of the molecule is CN(C(=O)c1cccc(NC(=O)C[C@H]2SC(N3CCCCC3)=NC2=O)c1)c1ccccc1. The van der Waals surface area contributed by atoms with Crippen molar-refractivity contribution < 1.29 is 14.4 Å². The maximum absolute atomic E-state index is 12.8. The third-order valence-corrected chi connectivity index (χ3v) is 6.78. The van der Waals surface area contributed by atoms with Gasteiger partial charge >= 0.3 is 0 Å². The van der Waals surface area contributed by atoms with Crippen molar-refractivity contribution in [2.24, 2.45) is 4.99 Å². The normalized spacial score (nSPS) is 18.3. The minimum atomic E-state index is -0.499. The topological polar surface area (TPSA) is 82.1 Å². The molecule has 1 fully saturated rings. The lowest BCUT2D eigenvalue weighted by Gasteiger charge is -2.27. The third kappa shape index (κ3) is 5.19. The van der Waals surface area contributed by atoms with E-state index < -0.39 is 5.25 Å². The van der Waals surface area contributed by atoms with Crippen molar-refractivity contribution in [3.05, 3.63) is 60.2 Å². The summed E-state index contributed by atoms with van der Waals surface area (Å²) in [5.74, 6) is -0.695. The van der Waals surface area contributed by atoms with Crippen molar-refractivity contribution in [3.8, 4) is 0 Å². The molecule has 0 bridgehead atoms. The van der Waals surface area contributed by atoms with Crippen LogP contribution in [0, 0.1) is 0 Å². The Morgan fingerprint density at radius 3 is 2.59 bits per heavy atom. The van der Waals surface area contributed by atoms with Crippen molar-refractivity contribution in [2.45, 2.75) is 30.9 Å². The fourth-order valence-corrected chi connectivity index (χ4v) is 4.92. The molecular weight excluding hydrogens is 424 g/mol. The summed E-state index contributed by atoms with van der Waals surface area (Å²) < 4.78 is 0. The van der Waals surface area contributed by atoms with Crippen LogP contribution in [0.25, 0.3) is 0 Å². The van der Waals surface area contributed by atoms with E-state index in [9.17, 15) is 14.4 Å².